The smallest absolute Gasteiger partial charge is 0.224 e. The summed E-state index contributed by atoms with van der Waals surface area (Å²) in [5.74, 6) is 0.598. The molecule has 134 valence electrons. The maximum absolute atomic E-state index is 12.9. The molecule has 0 saturated heterocycles. The van der Waals surface area contributed by atoms with Crippen LogP contribution in [0.1, 0.15) is 11.1 Å². The summed E-state index contributed by atoms with van der Waals surface area (Å²) in [6, 6.07) is 9.77. The average molecular weight is 387 g/mol. The van der Waals surface area contributed by atoms with Crippen LogP contribution in [-0.2, 0) is 4.57 Å². The Balaban J connectivity index is 2.07. The summed E-state index contributed by atoms with van der Waals surface area (Å²) in [5, 5.41) is 4.15. The second kappa shape index (κ2) is 7.18. The van der Waals surface area contributed by atoms with Gasteiger partial charge in [0.1, 0.15) is 13.0 Å². The van der Waals surface area contributed by atoms with E-state index in [1.54, 1.807) is 19.5 Å². The molecular formula is C19H20ClN4OP. The Morgan fingerprint density at radius 1 is 1.04 bits per heavy atom. The van der Waals surface area contributed by atoms with Crippen LogP contribution in [0.2, 0.25) is 5.28 Å². The standard InChI is InChI=1S/C19H20ClN4OP/c1-12-5-7-15(21-10-12)14-6-8-16(17(9-14)26(3,4)25)23-18-13(2)11-22-19(20)24-18/h5-11H,1-4H3,(H,22,23,24). The third kappa shape index (κ3) is 4.12. The zero-order valence-electron chi connectivity index (χ0n) is 15.1. The number of aromatic nitrogens is 3. The van der Waals surface area contributed by atoms with Crippen molar-refractivity contribution >= 4 is 35.6 Å². The van der Waals surface area contributed by atoms with Gasteiger partial charge in [-0.25, -0.2) is 9.97 Å². The van der Waals surface area contributed by atoms with Crippen LogP contribution >= 0.6 is 18.7 Å². The summed E-state index contributed by atoms with van der Waals surface area (Å²) in [6.07, 6.45) is 3.48. The fourth-order valence-electron chi connectivity index (χ4n) is 2.56. The average Bonchev–Trinajstić information content (AvgIpc) is 2.58. The van der Waals surface area contributed by atoms with E-state index in [4.69, 9.17) is 11.6 Å². The second-order valence-electron chi connectivity index (χ2n) is 6.60. The summed E-state index contributed by atoms with van der Waals surface area (Å²) in [6.45, 7) is 7.39. The van der Waals surface area contributed by atoms with Crippen molar-refractivity contribution in [2.24, 2.45) is 0 Å². The zero-order chi connectivity index (χ0) is 18.9. The van der Waals surface area contributed by atoms with E-state index in [1.807, 2.05) is 50.4 Å². The Bertz CT molecular complexity index is 999. The van der Waals surface area contributed by atoms with E-state index in [0.29, 0.717) is 5.82 Å². The Kier molecular flexibility index (Phi) is 5.12. The molecule has 0 spiro atoms. The number of nitrogens with one attached hydrogen (secondary N) is 1. The topological polar surface area (TPSA) is 67.8 Å². The van der Waals surface area contributed by atoms with Crippen LogP contribution in [0.4, 0.5) is 11.5 Å². The predicted molar refractivity (Wildman–Crippen MR) is 109 cm³/mol. The first-order chi connectivity index (χ1) is 12.2. The maximum Gasteiger partial charge on any atom is 0.224 e. The number of pyridine rings is 1. The summed E-state index contributed by atoms with van der Waals surface area (Å²) in [7, 11) is -2.54. The number of nitrogens with zero attached hydrogens (tertiary/aromatic N) is 3. The minimum Gasteiger partial charge on any atom is -0.339 e. The molecule has 0 aliphatic heterocycles. The fraction of sp³-hybridized carbons (Fsp3) is 0.211. The van der Waals surface area contributed by atoms with Gasteiger partial charge in [0.2, 0.25) is 5.28 Å². The highest BCUT2D eigenvalue weighted by Crippen LogP contribution is 2.40. The molecule has 26 heavy (non-hydrogen) atoms. The van der Waals surface area contributed by atoms with Gasteiger partial charge < -0.3 is 9.88 Å². The summed E-state index contributed by atoms with van der Waals surface area (Å²) in [4.78, 5) is 12.6. The van der Waals surface area contributed by atoms with Gasteiger partial charge >= 0.3 is 0 Å². The monoisotopic (exact) mass is 386 g/mol. The van der Waals surface area contributed by atoms with Crippen LogP contribution in [0.25, 0.3) is 11.3 Å². The lowest BCUT2D eigenvalue weighted by Gasteiger charge is -2.17. The number of anilines is 2. The molecule has 0 unspecified atom stereocenters. The number of aryl methyl sites for hydroxylation is 2. The Morgan fingerprint density at radius 2 is 1.81 bits per heavy atom. The van der Waals surface area contributed by atoms with Crippen molar-refractivity contribution < 1.29 is 4.57 Å². The lowest BCUT2D eigenvalue weighted by Crippen LogP contribution is -2.12. The van der Waals surface area contributed by atoms with Crippen molar-refractivity contribution in [1.82, 2.24) is 15.0 Å². The SMILES string of the molecule is Cc1ccc(-c2ccc(Nc3nc(Cl)ncc3C)c(P(C)(C)=O)c2)nc1. The largest absolute Gasteiger partial charge is 0.339 e. The Labute approximate surface area is 158 Å². The highest BCUT2D eigenvalue weighted by Gasteiger charge is 2.19. The zero-order valence-corrected chi connectivity index (χ0v) is 16.8. The quantitative estimate of drug-likeness (QED) is 0.515. The van der Waals surface area contributed by atoms with Gasteiger partial charge in [0.15, 0.2) is 0 Å². The second-order valence-corrected chi connectivity index (χ2v) is 10.1. The summed E-state index contributed by atoms with van der Waals surface area (Å²) < 4.78 is 12.9. The van der Waals surface area contributed by atoms with Gasteiger partial charge in [-0.2, -0.15) is 0 Å². The molecule has 2 aromatic heterocycles. The van der Waals surface area contributed by atoms with Crippen molar-refractivity contribution in [2.75, 3.05) is 18.6 Å². The lowest BCUT2D eigenvalue weighted by atomic mass is 10.1. The van der Waals surface area contributed by atoms with Crippen molar-refractivity contribution in [3.8, 4) is 11.3 Å². The van der Waals surface area contributed by atoms with Gasteiger partial charge in [0, 0.05) is 28.8 Å². The van der Waals surface area contributed by atoms with Gasteiger partial charge in [-0.3, -0.25) is 4.98 Å². The van der Waals surface area contributed by atoms with Crippen LogP contribution in [0.15, 0.2) is 42.7 Å². The van der Waals surface area contributed by atoms with Gasteiger partial charge in [-0.05, 0) is 62.5 Å². The van der Waals surface area contributed by atoms with E-state index in [0.717, 1.165) is 33.4 Å². The predicted octanol–water partition coefficient (Wildman–Crippen LogP) is 4.80. The van der Waals surface area contributed by atoms with Crippen molar-refractivity contribution in [3.05, 3.63) is 59.1 Å². The molecule has 7 heteroatoms. The molecule has 0 aliphatic rings. The molecule has 3 aromatic rings. The first-order valence-corrected chi connectivity index (χ1v) is 11.1. The summed E-state index contributed by atoms with van der Waals surface area (Å²) in [5.41, 5.74) is 4.46. The molecule has 1 N–H and O–H groups in total. The highest BCUT2D eigenvalue weighted by atomic mass is 35.5. The van der Waals surface area contributed by atoms with Gasteiger partial charge in [0.05, 0.1) is 11.4 Å². The summed E-state index contributed by atoms with van der Waals surface area (Å²) >= 11 is 5.91. The molecule has 0 bridgehead atoms. The van der Waals surface area contributed by atoms with E-state index in [-0.39, 0.29) is 5.28 Å². The van der Waals surface area contributed by atoms with Crippen molar-refractivity contribution in [1.29, 1.82) is 0 Å². The first-order valence-electron chi connectivity index (χ1n) is 8.13. The minimum absolute atomic E-state index is 0.163. The third-order valence-corrected chi connectivity index (χ3v) is 5.69. The minimum atomic E-state index is -2.54. The molecule has 3 rings (SSSR count). The number of rotatable bonds is 4. The Hall–Kier alpha value is -2.23. The number of hydrogen-bond donors (Lipinski definition) is 1. The molecule has 0 amide bonds. The number of hydrogen-bond acceptors (Lipinski definition) is 5. The van der Waals surface area contributed by atoms with E-state index >= 15 is 0 Å². The molecule has 0 atom stereocenters. The molecular weight excluding hydrogens is 367 g/mol. The normalized spacial score (nSPS) is 11.4. The van der Waals surface area contributed by atoms with Crippen LogP contribution in [0, 0.1) is 13.8 Å². The Morgan fingerprint density at radius 3 is 2.46 bits per heavy atom. The highest BCUT2D eigenvalue weighted by molar-refractivity contribution is 7.70. The lowest BCUT2D eigenvalue weighted by molar-refractivity contribution is 0.588. The number of halogens is 1. The number of benzene rings is 1. The van der Waals surface area contributed by atoms with E-state index in [1.165, 1.54) is 0 Å². The van der Waals surface area contributed by atoms with Crippen molar-refractivity contribution in [3.63, 3.8) is 0 Å². The molecule has 1 aromatic carbocycles. The van der Waals surface area contributed by atoms with Gasteiger partial charge in [0.25, 0.3) is 0 Å². The molecule has 0 fully saturated rings. The first kappa shape index (κ1) is 18.6. The maximum atomic E-state index is 12.9. The molecule has 0 saturated carbocycles. The van der Waals surface area contributed by atoms with Crippen LogP contribution in [-0.4, -0.2) is 28.3 Å². The van der Waals surface area contributed by atoms with E-state index in [2.05, 4.69) is 20.3 Å². The molecule has 2 heterocycles. The van der Waals surface area contributed by atoms with Gasteiger partial charge in [-0.1, -0.05) is 12.1 Å². The molecule has 0 radical (unpaired) electrons. The van der Waals surface area contributed by atoms with Crippen LogP contribution in [0.3, 0.4) is 0 Å². The van der Waals surface area contributed by atoms with Gasteiger partial charge in [-0.15, -0.1) is 0 Å². The van der Waals surface area contributed by atoms with Crippen LogP contribution < -0.4 is 10.6 Å². The van der Waals surface area contributed by atoms with E-state index < -0.39 is 7.14 Å². The molecule has 0 aliphatic carbocycles. The van der Waals surface area contributed by atoms with Crippen molar-refractivity contribution in [2.45, 2.75) is 13.8 Å². The fourth-order valence-corrected chi connectivity index (χ4v) is 3.85. The van der Waals surface area contributed by atoms with Crippen LogP contribution in [0.5, 0.6) is 0 Å². The molecule has 5 nitrogen and oxygen atoms in total. The van der Waals surface area contributed by atoms with E-state index in [9.17, 15) is 4.57 Å². The third-order valence-electron chi connectivity index (χ3n) is 3.98.